The second-order valence-electron chi connectivity index (χ2n) is 3.08. The molecule has 0 fully saturated rings. The quantitative estimate of drug-likeness (QED) is 0.401. The first-order chi connectivity index (χ1) is 6.05. The van der Waals surface area contributed by atoms with E-state index in [1.165, 1.54) is 0 Å². The molecule has 70 valence electrons. The number of carbonyl (C=O) groups is 1. The molecule has 13 heavy (non-hydrogen) atoms. The molecule has 0 aliphatic rings. The normalized spacial score (nSPS) is 10.9. The van der Waals surface area contributed by atoms with Crippen LogP contribution >= 0.6 is 0 Å². The second kappa shape index (κ2) is 3.75. The summed E-state index contributed by atoms with van der Waals surface area (Å²) in [6.07, 6.45) is 3.82. The maximum atomic E-state index is 11.7. The lowest BCUT2D eigenvalue weighted by Gasteiger charge is -2.03. The van der Waals surface area contributed by atoms with Crippen molar-refractivity contribution < 1.29 is 9.00 Å². The molecule has 0 radical (unpaired) electrons. The van der Waals surface area contributed by atoms with Crippen LogP contribution in [0.2, 0.25) is 0 Å². The molecule has 3 heteroatoms. The Morgan fingerprint density at radius 2 is 1.77 bits per heavy atom. The summed E-state index contributed by atoms with van der Waals surface area (Å²) in [7, 11) is -2.17. The Morgan fingerprint density at radius 1 is 1.23 bits per heavy atom. The Bertz CT molecular complexity index is 404. The van der Waals surface area contributed by atoms with Crippen molar-refractivity contribution in [3.8, 4) is 0 Å². The predicted octanol–water partition coefficient (Wildman–Crippen LogP) is 0.950. The van der Waals surface area contributed by atoms with E-state index in [-0.39, 0.29) is 0 Å². The molecular weight excluding hydrogens is 184 g/mol. The Morgan fingerprint density at radius 3 is 2.15 bits per heavy atom. The van der Waals surface area contributed by atoms with E-state index in [9.17, 15) is 9.00 Å². The molecule has 0 aliphatic carbocycles. The minimum atomic E-state index is -2.17. The van der Waals surface area contributed by atoms with Crippen molar-refractivity contribution in [1.29, 1.82) is 0 Å². The van der Waals surface area contributed by atoms with Crippen LogP contribution in [0.25, 0.3) is 0 Å². The minimum absolute atomic E-state index is 0.383. The van der Waals surface area contributed by atoms with E-state index in [1.54, 1.807) is 24.6 Å². The summed E-state index contributed by atoms with van der Waals surface area (Å²) in [4.78, 5) is 11.1. The smallest absolute Gasteiger partial charge is 0.158 e. The van der Waals surface area contributed by atoms with Gasteiger partial charge in [0.15, 0.2) is 6.29 Å². The monoisotopic (exact) mass is 196 g/mol. The highest BCUT2D eigenvalue weighted by Gasteiger charge is 2.05. The fraction of sp³-hybridized carbons (Fsp3) is 0.200. The van der Waals surface area contributed by atoms with Crippen LogP contribution in [0.15, 0.2) is 30.3 Å². The van der Waals surface area contributed by atoms with E-state index in [1.807, 2.05) is 18.2 Å². The maximum Gasteiger partial charge on any atom is 0.158 e. The highest BCUT2D eigenvalue weighted by atomic mass is 32.2. The highest BCUT2D eigenvalue weighted by Crippen LogP contribution is 2.01. The molecule has 0 N–H and O–H groups in total. The van der Waals surface area contributed by atoms with Crippen LogP contribution in [0.4, 0.5) is 0 Å². The summed E-state index contributed by atoms with van der Waals surface area (Å²) in [5.74, 6) is 0. The van der Waals surface area contributed by atoms with Gasteiger partial charge in [-0.15, -0.1) is 0 Å². The summed E-state index contributed by atoms with van der Waals surface area (Å²) in [6, 6.07) is 9.08. The van der Waals surface area contributed by atoms with E-state index >= 15 is 0 Å². The second-order valence-corrected chi connectivity index (χ2v) is 5.99. The topological polar surface area (TPSA) is 34.1 Å². The molecule has 0 atom stereocenters. The summed E-state index contributed by atoms with van der Waals surface area (Å²) < 4.78 is 11.7. The number of benzene rings is 1. The third kappa shape index (κ3) is 2.42. The molecule has 1 rings (SSSR count). The van der Waals surface area contributed by atoms with Crippen molar-refractivity contribution in [3.63, 3.8) is 0 Å². The molecule has 0 aromatic heterocycles. The van der Waals surface area contributed by atoms with E-state index < -0.39 is 9.52 Å². The molecule has 0 amide bonds. The van der Waals surface area contributed by atoms with Crippen molar-refractivity contribution in [2.75, 3.05) is 12.5 Å². The summed E-state index contributed by atoms with van der Waals surface area (Å²) in [6.45, 7) is 0. The van der Waals surface area contributed by atoms with Gasteiger partial charge in [0.1, 0.15) is 0 Å². The van der Waals surface area contributed by atoms with Gasteiger partial charge >= 0.3 is 0 Å². The lowest BCUT2D eigenvalue weighted by Crippen LogP contribution is -2.14. The molecule has 0 bridgehead atoms. The predicted molar refractivity (Wildman–Crippen MR) is 56.6 cm³/mol. The molecular formula is C10H12O2S. The third-order valence-electron chi connectivity index (χ3n) is 1.69. The van der Waals surface area contributed by atoms with Gasteiger partial charge in [0.2, 0.25) is 0 Å². The van der Waals surface area contributed by atoms with Gasteiger partial charge in [0.05, 0.1) is 4.86 Å². The van der Waals surface area contributed by atoms with Gasteiger partial charge < -0.3 is 0 Å². The van der Waals surface area contributed by atoms with Crippen LogP contribution in [0, 0.1) is 0 Å². The first kappa shape index (κ1) is 9.99. The molecule has 0 saturated heterocycles. The van der Waals surface area contributed by atoms with E-state index in [0.29, 0.717) is 11.2 Å². The number of hydrogen-bond acceptors (Lipinski definition) is 2. The minimum Gasteiger partial charge on any atom is -0.297 e. The third-order valence-corrected chi connectivity index (χ3v) is 3.09. The van der Waals surface area contributed by atoms with Crippen LogP contribution in [0.1, 0.15) is 5.56 Å². The zero-order chi connectivity index (χ0) is 9.90. The summed E-state index contributed by atoms with van der Waals surface area (Å²) >= 11 is 0. The van der Waals surface area contributed by atoms with E-state index in [2.05, 4.69) is 0 Å². The van der Waals surface area contributed by atoms with Crippen molar-refractivity contribution in [3.05, 3.63) is 35.9 Å². The fourth-order valence-electron chi connectivity index (χ4n) is 1.07. The van der Waals surface area contributed by atoms with E-state index in [0.717, 1.165) is 5.56 Å². The number of hydrogen-bond donors (Lipinski definition) is 0. The van der Waals surface area contributed by atoms with Crippen molar-refractivity contribution >= 4 is 20.7 Å². The Kier molecular flexibility index (Phi) is 2.88. The number of rotatable bonds is 2. The summed E-state index contributed by atoms with van der Waals surface area (Å²) in [5.41, 5.74) is 0.743. The molecule has 0 heterocycles. The number of aldehydes is 1. The van der Waals surface area contributed by atoms with Crippen molar-refractivity contribution in [2.24, 2.45) is 0 Å². The maximum absolute atomic E-state index is 11.7. The van der Waals surface area contributed by atoms with Crippen LogP contribution in [-0.4, -0.2) is 27.9 Å². The van der Waals surface area contributed by atoms with Crippen LogP contribution < -0.4 is 0 Å². The SMILES string of the molecule is CS(C)(=O)=C(C=O)c1ccccc1. The zero-order valence-corrected chi connectivity index (χ0v) is 8.51. The Balaban J connectivity index is 3.39. The van der Waals surface area contributed by atoms with Gasteiger partial charge in [-0.1, -0.05) is 30.3 Å². The molecule has 2 nitrogen and oxygen atoms in total. The fourth-order valence-corrected chi connectivity index (χ4v) is 2.01. The van der Waals surface area contributed by atoms with Gasteiger partial charge in [-0.3, -0.25) is 9.00 Å². The first-order valence-corrected chi connectivity index (χ1v) is 6.25. The Labute approximate surface area is 78.6 Å². The van der Waals surface area contributed by atoms with Gasteiger partial charge in [-0.2, -0.15) is 0 Å². The van der Waals surface area contributed by atoms with Gasteiger partial charge in [0, 0.05) is 12.5 Å². The van der Waals surface area contributed by atoms with Gasteiger partial charge in [0.25, 0.3) is 0 Å². The van der Waals surface area contributed by atoms with E-state index in [4.69, 9.17) is 0 Å². The summed E-state index contributed by atoms with van der Waals surface area (Å²) in [5, 5.41) is 0. The Hall–Kier alpha value is -1.09. The molecule has 0 saturated carbocycles. The van der Waals surface area contributed by atoms with Crippen LogP contribution in [0.5, 0.6) is 0 Å². The van der Waals surface area contributed by atoms with Crippen molar-refractivity contribution in [2.45, 2.75) is 0 Å². The van der Waals surface area contributed by atoms with Crippen LogP contribution in [0.3, 0.4) is 0 Å². The zero-order valence-electron chi connectivity index (χ0n) is 7.69. The average Bonchev–Trinajstić information content (AvgIpc) is 2.05. The molecule has 0 spiro atoms. The molecule has 1 aromatic carbocycles. The van der Waals surface area contributed by atoms with Crippen molar-refractivity contribution in [1.82, 2.24) is 0 Å². The largest absolute Gasteiger partial charge is 0.297 e. The van der Waals surface area contributed by atoms with Gasteiger partial charge in [-0.25, -0.2) is 0 Å². The molecule has 0 aliphatic heterocycles. The van der Waals surface area contributed by atoms with Crippen LogP contribution in [-0.2, 0) is 14.3 Å². The first-order valence-electron chi connectivity index (χ1n) is 3.87. The molecule has 0 unspecified atom stereocenters. The van der Waals surface area contributed by atoms with Gasteiger partial charge in [-0.05, 0) is 15.1 Å². The average molecular weight is 196 g/mol. The molecule has 1 aromatic rings. The standard InChI is InChI=1S/C10H12O2S/c1-13(2,12)10(8-11)9-6-4-3-5-7-9/h3-8H,1-2H3. The highest BCUT2D eigenvalue weighted by molar-refractivity contribution is 8.02. The lowest BCUT2D eigenvalue weighted by atomic mass is 10.2. The number of carbonyl (C=O) groups excluding carboxylic acids is 1. The lowest BCUT2D eigenvalue weighted by molar-refractivity contribution is -0.102.